The highest BCUT2D eigenvalue weighted by atomic mass is 32.2. The molecule has 1 fully saturated rings. The van der Waals surface area contributed by atoms with Gasteiger partial charge < -0.3 is 20.3 Å². The lowest BCUT2D eigenvalue weighted by molar-refractivity contribution is -0.268. The van der Waals surface area contributed by atoms with Gasteiger partial charge in [0.2, 0.25) is 0 Å². The molecule has 4 nitrogen and oxygen atoms in total. The van der Waals surface area contributed by atoms with Crippen LogP contribution in [-0.2, 0) is 22.6 Å². The first kappa shape index (κ1) is 22.1. The SMILES string of the molecule is C[C@H]1[C@@H](CSc2ccccc2)O[C@@H](c2ccc(CN)cc2)O[C@H]1c1ccc(CO)cc1. The fourth-order valence-electron chi connectivity index (χ4n) is 3.82. The molecule has 162 valence electrons. The Kier molecular flexibility index (Phi) is 7.43. The monoisotopic (exact) mass is 435 g/mol. The van der Waals surface area contributed by atoms with Gasteiger partial charge in [-0.05, 0) is 28.8 Å². The van der Waals surface area contributed by atoms with Gasteiger partial charge >= 0.3 is 0 Å². The summed E-state index contributed by atoms with van der Waals surface area (Å²) < 4.78 is 12.9. The summed E-state index contributed by atoms with van der Waals surface area (Å²) in [6.45, 7) is 2.74. The Morgan fingerprint density at radius 2 is 1.48 bits per heavy atom. The molecule has 1 aliphatic heterocycles. The van der Waals surface area contributed by atoms with Crippen molar-refractivity contribution in [1.29, 1.82) is 0 Å². The highest BCUT2D eigenvalue weighted by Gasteiger charge is 2.38. The van der Waals surface area contributed by atoms with Crippen molar-refractivity contribution in [3.05, 3.63) is 101 Å². The third kappa shape index (κ3) is 5.37. The topological polar surface area (TPSA) is 64.7 Å². The molecule has 4 atom stereocenters. The maximum Gasteiger partial charge on any atom is 0.184 e. The van der Waals surface area contributed by atoms with Crippen molar-refractivity contribution in [3.8, 4) is 0 Å². The molecule has 0 aromatic heterocycles. The molecule has 1 aliphatic rings. The summed E-state index contributed by atoms with van der Waals surface area (Å²) in [7, 11) is 0. The van der Waals surface area contributed by atoms with Gasteiger partial charge in [0, 0.05) is 28.7 Å². The second-order valence-corrected chi connectivity index (χ2v) is 8.99. The van der Waals surface area contributed by atoms with E-state index in [9.17, 15) is 5.11 Å². The van der Waals surface area contributed by atoms with E-state index in [1.165, 1.54) is 4.90 Å². The molecule has 3 aromatic rings. The van der Waals surface area contributed by atoms with Crippen LogP contribution in [0.15, 0.2) is 83.8 Å². The molecule has 0 unspecified atom stereocenters. The Bertz CT molecular complexity index is 947. The first-order valence-electron chi connectivity index (χ1n) is 10.7. The Labute approximate surface area is 188 Å². The van der Waals surface area contributed by atoms with Gasteiger partial charge in [0.05, 0.1) is 18.8 Å². The van der Waals surface area contributed by atoms with Crippen LogP contribution < -0.4 is 5.73 Å². The van der Waals surface area contributed by atoms with Crippen LogP contribution in [0.1, 0.15) is 41.6 Å². The van der Waals surface area contributed by atoms with E-state index in [1.54, 1.807) is 0 Å². The van der Waals surface area contributed by atoms with Gasteiger partial charge in [0.15, 0.2) is 6.29 Å². The molecule has 5 heteroatoms. The van der Waals surface area contributed by atoms with Gasteiger partial charge in [0.1, 0.15) is 0 Å². The van der Waals surface area contributed by atoms with Gasteiger partial charge in [-0.2, -0.15) is 0 Å². The predicted octanol–water partition coefficient (Wildman–Crippen LogP) is 5.22. The van der Waals surface area contributed by atoms with Crippen molar-refractivity contribution in [2.24, 2.45) is 11.7 Å². The average Bonchev–Trinajstić information content (AvgIpc) is 2.84. The second-order valence-electron chi connectivity index (χ2n) is 7.89. The number of ether oxygens (including phenoxy) is 2. The molecule has 1 saturated heterocycles. The quantitative estimate of drug-likeness (QED) is 0.498. The normalized spacial score (nSPS) is 23.6. The number of thioether (sulfide) groups is 1. The average molecular weight is 436 g/mol. The number of nitrogens with two attached hydrogens (primary N) is 1. The van der Waals surface area contributed by atoms with Crippen molar-refractivity contribution in [2.75, 3.05) is 5.75 Å². The van der Waals surface area contributed by atoms with Crippen molar-refractivity contribution in [1.82, 2.24) is 0 Å². The van der Waals surface area contributed by atoms with E-state index >= 15 is 0 Å². The molecular weight excluding hydrogens is 406 g/mol. The maximum absolute atomic E-state index is 9.38. The van der Waals surface area contributed by atoms with Gasteiger partial charge in [-0.15, -0.1) is 11.8 Å². The predicted molar refractivity (Wildman–Crippen MR) is 124 cm³/mol. The van der Waals surface area contributed by atoms with E-state index < -0.39 is 6.29 Å². The molecule has 31 heavy (non-hydrogen) atoms. The molecule has 0 amide bonds. The molecule has 0 spiro atoms. The molecule has 4 rings (SSSR count). The largest absolute Gasteiger partial charge is 0.392 e. The molecule has 3 aromatic carbocycles. The van der Waals surface area contributed by atoms with Crippen LogP contribution in [0.2, 0.25) is 0 Å². The molecule has 0 bridgehead atoms. The molecular formula is C26H29NO3S. The lowest BCUT2D eigenvalue weighted by Gasteiger charge is -2.41. The third-order valence-corrected chi connectivity index (χ3v) is 6.87. The fourth-order valence-corrected chi connectivity index (χ4v) is 4.90. The van der Waals surface area contributed by atoms with Gasteiger partial charge in [-0.25, -0.2) is 0 Å². The van der Waals surface area contributed by atoms with E-state index in [0.717, 1.165) is 28.0 Å². The number of hydrogen-bond acceptors (Lipinski definition) is 5. The van der Waals surface area contributed by atoms with E-state index in [2.05, 4.69) is 31.2 Å². The summed E-state index contributed by atoms with van der Waals surface area (Å²) in [5.74, 6) is 1.02. The number of rotatable bonds is 7. The number of benzene rings is 3. The van der Waals surface area contributed by atoms with Crippen LogP contribution in [-0.4, -0.2) is 17.0 Å². The molecule has 0 saturated carbocycles. The minimum absolute atomic E-state index is 0.0284. The molecule has 3 N–H and O–H groups in total. The first-order valence-corrected chi connectivity index (χ1v) is 11.6. The van der Waals surface area contributed by atoms with Crippen LogP contribution >= 0.6 is 11.8 Å². The summed E-state index contributed by atoms with van der Waals surface area (Å²) in [6.07, 6.45) is -0.505. The molecule has 1 heterocycles. The fraction of sp³-hybridized carbons (Fsp3) is 0.308. The summed E-state index contributed by atoms with van der Waals surface area (Å²) in [5.41, 5.74) is 9.83. The highest BCUT2D eigenvalue weighted by Crippen LogP contribution is 2.43. The van der Waals surface area contributed by atoms with Crippen molar-refractivity contribution in [2.45, 2.75) is 43.5 Å². The molecule has 0 radical (unpaired) electrons. The summed E-state index contributed by atoms with van der Waals surface area (Å²) in [5, 5.41) is 9.38. The second kappa shape index (κ2) is 10.4. The van der Waals surface area contributed by atoms with Crippen molar-refractivity contribution < 1.29 is 14.6 Å². The van der Waals surface area contributed by atoms with Crippen LogP contribution in [0.3, 0.4) is 0 Å². The number of aliphatic hydroxyl groups is 1. The summed E-state index contributed by atoms with van der Waals surface area (Å²) in [6, 6.07) is 26.6. The Balaban J connectivity index is 1.58. The van der Waals surface area contributed by atoms with E-state index in [0.29, 0.717) is 6.54 Å². The lowest BCUT2D eigenvalue weighted by Crippen LogP contribution is -2.38. The smallest absolute Gasteiger partial charge is 0.184 e. The Morgan fingerprint density at radius 1 is 0.839 bits per heavy atom. The van der Waals surface area contributed by atoms with E-state index in [4.69, 9.17) is 15.2 Å². The Hall–Kier alpha value is -2.15. The highest BCUT2D eigenvalue weighted by molar-refractivity contribution is 7.99. The van der Waals surface area contributed by atoms with Crippen LogP contribution in [0.25, 0.3) is 0 Å². The standard InChI is InChI=1S/C26H29NO3S/c1-18-24(17-31-23-5-3-2-4-6-23)29-26(22-13-7-19(15-27)8-14-22)30-25(18)21-11-9-20(16-28)10-12-21/h2-14,18,24-26,28H,15-17,27H2,1H3/t18-,24+,25+,26+/m0/s1. The van der Waals surface area contributed by atoms with Crippen LogP contribution in [0.5, 0.6) is 0 Å². The summed E-state index contributed by atoms with van der Waals surface area (Å²) in [4.78, 5) is 1.23. The lowest BCUT2D eigenvalue weighted by atomic mass is 9.91. The van der Waals surface area contributed by atoms with Crippen LogP contribution in [0, 0.1) is 5.92 Å². The maximum atomic E-state index is 9.38. The Morgan fingerprint density at radius 3 is 2.13 bits per heavy atom. The zero-order valence-electron chi connectivity index (χ0n) is 17.7. The third-order valence-electron chi connectivity index (χ3n) is 5.77. The van der Waals surface area contributed by atoms with E-state index in [-0.39, 0.29) is 24.7 Å². The number of hydrogen-bond donors (Lipinski definition) is 2. The van der Waals surface area contributed by atoms with Gasteiger partial charge in [-0.3, -0.25) is 0 Å². The zero-order valence-corrected chi connectivity index (χ0v) is 18.5. The van der Waals surface area contributed by atoms with Crippen molar-refractivity contribution >= 4 is 11.8 Å². The minimum atomic E-state index is -0.438. The van der Waals surface area contributed by atoms with Crippen LogP contribution in [0.4, 0.5) is 0 Å². The number of aliphatic hydroxyl groups excluding tert-OH is 1. The van der Waals surface area contributed by atoms with E-state index in [1.807, 2.05) is 66.4 Å². The van der Waals surface area contributed by atoms with Crippen molar-refractivity contribution in [3.63, 3.8) is 0 Å². The van der Waals surface area contributed by atoms with Gasteiger partial charge in [-0.1, -0.05) is 73.7 Å². The minimum Gasteiger partial charge on any atom is -0.392 e. The van der Waals surface area contributed by atoms with Gasteiger partial charge in [0.25, 0.3) is 0 Å². The summed E-state index contributed by atoms with van der Waals surface area (Å²) >= 11 is 1.81. The zero-order chi connectivity index (χ0) is 21.6. The molecule has 0 aliphatic carbocycles. The first-order chi connectivity index (χ1) is 15.2.